The summed E-state index contributed by atoms with van der Waals surface area (Å²) in [6.45, 7) is 1.18. The van der Waals surface area contributed by atoms with Gasteiger partial charge in [0.25, 0.3) is 5.69 Å². The number of non-ortho nitro benzene ring substituents is 1. The molecule has 1 heterocycles. The quantitative estimate of drug-likeness (QED) is 0.676. The fraction of sp³-hybridized carbons (Fsp3) is 0.364. The van der Waals surface area contributed by atoms with Gasteiger partial charge in [0.2, 0.25) is 0 Å². The molecule has 0 unspecified atom stereocenters. The highest BCUT2D eigenvalue weighted by atomic mass is 35.5. The second kappa shape index (κ2) is 5.85. The zero-order valence-electron chi connectivity index (χ0n) is 10.6. The van der Waals surface area contributed by atoms with Crippen LogP contribution >= 0.6 is 12.4 Å². The molecule has 0 amide bonds. The molecule has 1 N–H and O–H groups in total. The van der Waals surface area contributed by atoms with E-state index in [1.54, 1.807) is 6.07 Å². The summed E-state index contributed by atoms with van der Waals surface area (Å²) in [5, 5.41) is 10.7. The van der Waals surface area contributed by atoms with Crippen LogP contribution in [0.5, 0.6) is 0 Å². The standard InChI is InChI=1S/C11H14N4O3.ClH/c1-13(2)5-6-14-10-7-8(15(17)18)3-4-9(10)12-11(14)16;/h3-4,7H,5-6H2,1-2H3,(H,12,16);1H. The minimum Gasteiger partial charge on any atom is -0.308 e. The molecule has 1 aromatic carbocycles. The summed E-state index contributed by atoms with van der Waals surface area (Å²) < 4.78 is 1.52. The number of nitrogens with zero attached hydrogens (tertiary/aromatic N) is 3. The summed E-state index contributed by atoms with van der Waals surface area (Å²) in [4.78, 5) is 26.6. The maximum atomic E-state index is 11.8. The molecule has 0 atom stereocenters. The van der Waals surface area contributed by atoms with Crippen LogP contribution in [0.4, 0.5) is 5.69 Å². The second-order valence-corrected chi connectivity index (χ2v) is 4.34. The van der Waals surface area contributed by atoms with Gasteiger partial charge in [0.15, 0.2) is 0 Å². The van der Waals surface area contributed by atoms with E-state index < -0.39 is 4.92 Å². The molecule has 0 radical (unpaired) electrons. The van der Waals surface area contributed by atoms with Gasteiger partial charge in [-0.05, 0) is 20.2 Å². The molecule has 8 heteroatoms. The Morgan fingerprint density at radius 1 is 1.42 bits per heavy atom. The third-order valence-electron chi connectivity index (χ3n) is 2.74. The number of likely N-dealkylation sites (N-methyl/N-ethyl adjacent to an activating group) is 1. The molecule has 0 aliphatic carbocycles. The van der Waals surface area contributed by atoms with E-state index in [2.05, 4.69) is 4.98 Å². The Hall–Kier alpha value is -1.86. The summed E-state index contributed by atoms with van der Waals surface area (Å²) in [7, 11) is 3.81. The first-order valence-corrected chi connectivity index (χ1v) is 5.51. The van der Waals surface area contributed by atoms with Crippen molar-refractivity contribution in [2.45, 2.75) is 6.54 Å². The third kappa shape index (κ3) is 3.12. The van der Waals surface area contributed by atoms with Crippen molar-refractivity contribution >= 4 is 29.1 Å². The van der Waals surface area contributed by atoms with Crippen LogP contribution < -0.4 is 5.69 Å². The van der Waals surface area contributed by atoms with Gasteiger partial charge < -0.3 is 9.88 Å². The van der Waals surface area contributed by atoms with Crippen LogP contribution in [0.3, 0.4) is 0 Å². The maximum absolute atomic E-state index is 11.8. The van der Waals surface area contributed by atoms with Crippen molar-refractivity contribution in [1.82, 2.24) is 14.5 Å². The van der Waals surface area contributed by atoms with E-state index >= 15 is 0 Å². The number of nitrogens with one attached hydrogen (secondary N) is 1. The number of halogens is 1. The molecule has 104 valence electrons. The van der Waals surface area contributed by atoms with Gasteiger partial charge in [0.05, 0.1) is 16.0 Å². The number of hydrogen-bond donors (Lipinski definition) is 1. The van der Waals surface area contributed by atoms with Crippen LogP contribution in [0.1, 0.15) is 0 Å². The smallest absolute Gasteiger partial charge is 0.308 e. The number of rotatable bonds is 4. The molecule has 0 saturated carbocycles. The minimum absolute atomic E-state index is 0. The van der Waals surface area contributed by atoms with Gasteiger partial charge in [-0.2, -0.15) is 0 Å². The lowest BCUT2D eigenvalue weighted by Gasteiger charge is -2.09. The number of H-pyrrole nitrogens is 1. The molecule has 0 aliphatic rings. The van der Waals surface area contributed by atoms with Crippen LogP contribution in [0.2, 0.25) is 0 Å². The van der Waals surface area contributed by atoms with Crippen LogP contribution in [0.15, 0.2) is 23.0 Å². The first-order valence-electron chi connectivity index (χ1n) is 5.51. The molecule has 0 bridgehead atoms. The minimum atomic E-state index is -0.465. The zero-order valence-corrected chi connectivity index (χ0v) is 11.4. The number of nitro groups is 1. The van der Waals surface area contributed by atoms with Gasteiger partial charge in [-0.3, -0.25) is 14.7 Å². The predicted octanol–water partition coefficient (Wildman–Crippen LogP) is 1.22. The molecule has 2 aromatic rings. The van der Waals surface area contributed by atoms with Crippen LogP contribution in [-0.2, 0) is 6.54 Å². The number of hydrogen-bond acceptors (Lipinski definition) is 4. The average molecular weight is 287 g/mol. The van der Waals surface area contributed by atoms with Crippen molar-refractivity contribution in [1.29, 1.82) is 0 Å². The van der Waals surface area contributed by atoms with Crippen LogP contribution in [0, 0.1) is 10.1 Å². The lowest BCUT2D eigenvalue weighted by Crippen LogP contribution is -2.24. The average Bonchev–Trinajstić information content (AvgIpc) is 2.60. The van der Waals surface area contributed by atoms with Crippen molar-refractivity contribution in [3.05, 3.63) is 38.8 Å². The van der Waals surface area contributed by atoms with Crippen molar-refractivity contribution in [2.24, 2.45) is 0 Å². The highest BCUT2D eigenvalue weighted by Gasteiger charge is 2.12. The Morgan fingerprint density at radius 3 is 2.68 bits per heavy atom. The van der Waals surface area contributed by atoms with Crippen LogP contribution in [-0.4, -0.2) is 40.0 Å². The van der Waals surface area contributed by atoms with Crippen molar-refractivity contribution < 1.29 is 4.92 Å². The van der Waals surface area contributed by atoms with E-state index in [-0.39, 0.29) is 23.8 Å². The molecular weight excluding hydrogens is 272 g/mol. The van der Waals surface area contributed by atoms with Gasteiger partial charge in [0.1, 0.15) is 0 Å². The second-order valence-electron chi connectivity index (χ2n) is 4.34. The van der Waals surface area contributed by atoms with Gasteiger partial charge >= 0.3 is 5.69 Å². The topological polar surface area (TPSA) is 84.2 Å². The van der Waals surface area contributed by atoms with Gasteiger partial charge in [0, 0.05) is 25.2 Å². The lowest BCUT2D eigenvalue weighted by molar-refractivity contribution is -0.384. The molecule has 19 heavy (non-hydrogen) atoms. The Kier molecular flexibility index (Phi) is 4.68. The third-order valence-corrected chi connectivity index (χ3v) is 2.74. The number of aromatic nitrogens is 2. The Labute approximate surface area is 115 Å². The Balaban J connectivity index is 0.00000180. The van der Waals surface area contributed by atoms with Crippen molar-refractivity contribution in [2.75, 3.05) is 20.6 Å². The van der Waals surface area contributed by atoms with Gasteiger partial charge in [-0.25, -0.2) is 4.79 Å². The van der Waals surface area contributed by atoms with Crippen molar-refractivity contribution in [3.8, 4) is 0 Å². The Morgan fingerprint density at radius 2 is 2.11 bits per heavy atom. The highest BCUT2D eigenvalue weighted by Crippen LogP contribution is 2.18. The van der Waals surface area contributed by atoms with Crippen LogP contribution in [0.25, 0.3) is 11.0 Å². The van der Waals surface area contributed by atoms with Gasteiger partial charge in [-0.15, -0.1) is 12.4 Å². The van der Waals surface area contributed by atoms with E-state index in [0.717, 1.165) is 0 Å². The van der Waals surface area contributed by atoms with Crippen molar-refractivity contribution in [3.63, 3.8) is 0 Å². The molecule has 0 fully saturated rings. The molecule has 2 rings (SSSR count). The first kappa shape index (κ1) is 15.2. The number of benzene rings is 1. The van der Waals surface area contributed by atoms with E-state index in [0.29, 0.717) is 24.1 Å². The monoisotopic (exact) mass is 286 g/mol. The normalized spacial score (nSPS) is 10.7. The zero-order chi connectivity index (χ0) is 13.3. The predicted molar refractivity (Wildman–Crippen MR) is 75.0 cm³/mol. The molecular formula is C11H15ClN4O3. The van der Waals surface area contributed by atoms with E-state index in [9.17, 15) is 14.9 Å². The summed E-state index contributed by atoms with van der Waals surface area (Å²) >= 11 is 0. The summed E-state index contributed by atoms with van der Waals surface area (Å²) in [6.07, 6.45) is 0. The number of fused-ring (bicyclic) bond motifs is 1. The summed E-state index contributed by atoms with van der Waals surface area (Å²) in [6, 6.07) is 4.36. The molecule has 0 aliphatic heterocycles. The Bertz CT molecular complexity index is 647. The SMILES string of the molecule is CN(C)CCn1c(=O)[nH]c2ccc([N+](=O)[O-])cc21.Cl. The fourth-order valence-electron chi connectivity index (χ4n) is 1.78. The summed E-state index contributed by atoms with van der Waals surface area (Å²) in [5.41, 5.74) is 0.924. The highest BCUT2D eigenvalue weighted by molar-refractivity contribution is 5.85. The molecule has 0 saturated heterocycles. The van der Waals surface area contributed by atoms with E-state index in [1.165, 1.54) is 16.7 Å². The van der Waals surface area contributed by atoms with Gasteiger partial charge in [-0.1, -0.05) is 0 Å². The number of aromatic amines is 1. The number of nitro benzene ring substituents is 1. The first-order chi connectivity index (χ1) is 8.49. The van der Waals surface area contributed by atoms with E-state index in [4.69, 9.17) is 0 Å². The molecule has 0 spiro atoms. The molecule has 7 nitrogen and oxygen atoms in total. The summed E-state index contributed by atoms with van der Waals surface area (Å²) in [5.74, 6) is 0. The number of imidazole rings is 1. The van der Waals surface area contributed by atoms with E-state index in [1.807, 2.05) is 19.0 Å². The maximum Gasteiger partial charge on any atom is 0.326 e. The largest absolute Gasteiger partial charge is 0.326 e. The fourth-order valence-corrected chi connectivity index (χ4v) is 1.78. The lowest BCUT2D eigenvalue weighted by atomic mass is 10.3. The molecule has 1 aromatic heterocycles.